The second-order valence-electron chi connectivity index (χ2n) is 10.9. The maximum absolute atomic E-state index is 15.7. The molecule has 1 aromatic heterocycles. The van der Waals surface area contributed by atoms with Gasteiger partial charge in [-0.3, -0.25) is 9.59 Å². The normalized spacial score (nSPS) is 22.9. The van der Waals surface area contributed by atoms with E-state index >= 15 is 8.78 Å². The van der Waals surface area contributed by atoms with Crippen LogP contribution in [0.25, 0.3) is 0 Å². The Hall–Kier alpha value is -2.83. The second-order valence-corrected chi connectivity index (χ2v) is 12.7. The van der Waals surface area contributed by atoms with Crippen LogP contribution in [0.4, 0.5) is 14.5 Å². The summed E-state index contributed by atoms with van der Waals surface area (Å²) in [6, 6.07) is 10.3. The number of anilines is 1. The van der Waals surface area contributed by atoms with E-state index in [1.165, 1.54) is 48.6 Å². The number of hydrogen-bond acceptors (Lipinski definition) is 5. The van der Waals surface area contributed by atoms with E-state index in [0.29, 0.717) is 17.0 Å². The van der Waals surface area contributed by atoms with Gasteiger partial charge in [-0.05, 0) is 47.0 Å². The molecule has 0 radical (unpaired) electrons. The van der Waals surface area contributed by atoms with Gasteiger partial charge in [0.2, 0.25) is 5.91 Å². The molecule has 0 saturated carbocycles. The fraction of sp³-hybridized carbons (Fsp3) is 0.345. The van der Waals surface area contributed by atoms with Crippen molar-refractivity contribution in [2.45, 2.75) is 57.5 Å². The van der Waals surface area contributed by atoms with Crippen LogP contribution in [0, 0.1) is 28.4 Å². The number of halogens is 4. The van der Waals surface area contributed by atoms with Crippen molar-refractivity contribution in [2.75, 3.05) is 5.32 Å². The van der Waals surface area contributed by atoms with Crippen molar-refractivity contribution >= 4 is 51.9 Å². The van der Waals surface area contributed by atoms with Crippen LogP contribution in [0.3, 0.4) is 0 Å². The van der Waals surface area contributed by atoms with Gasteiger partial charge in [-0.15, -0.1) is 11.3 Å². The zero-order chi connectivity index (χ0) is 28.7. The smallest absolute Gasteiger partial charge is 0.242 e. The summed E-state index contributed by atoms with van der Waals surface area (Å²) in [5, 5.41) is 18.5. The van der Waals surface area contributed by atoms with Crippen LogP contribution in [-0.2, 0) is 10.2 Å². The van der Waals surface area contributed by atoms with Crippen molar-refractivity contribution < 1.29 is 18.4 Å². The van der Waals surface area contributed by atoms with Gasteiger partial charge in [0.1, 0.15) is 17.0 Å². The Bertz CT molecular complexity index is 1480. The van der Waals surface area contributed by atoms with Crippen LogP contribution >= 0.6 is 34.5 Å². The van der Waals surface area contributed by atoms with E-state index in [1.807, 2.05) is 20.8 Å². The molecular weight excluding hydrogens is 563 g/mol. The molecule has 1 aliphatic rings. The largest absolute Gasteiger partial charge is 0.323 e. The highest BCUT2D eigenvalue weighted by Crippen LogP contribution is 2.53. The predicted molar refractivity (Wildman–Crippen MR) is 151 cm³/mol. The Labute approximate surface area is 240 Å². The molecule has 10 heteroatoms. The number of hydrogen-bond donors (Lipinski definition) is 2. The molecule has 5 nitrogen and oxygen atoms in total. The zero-order valence-corrected chi connectivity index (χ0v) is 24.1. The Morgan fingerprint density at radius 1 is 1.18 bits per heavy atom. The van der Waals surface area contributed by atoms with Gasteiger partial charge in [0.05, 0.1) is 27.7 Å². The summed E-state index contributed by atoms with van der Waals surface area (Å²) in [6.45, 7) is 7.27. The molecule has 204 valence electrons. The minimum Gasteiger partial charge on any atom is -0.323 e. The number of rotatable bonds is 6. The quantitative estimate of drug-likeness (QED) is 0.292. The lowest BCUT2D eigenvalue weighted by atomic mass is 9.62. The summed E-state index contributed by atoms with van der Waals surface area (Å²) >= 11 is 13.4. The van der Waals surface area contributed by atoms with Crippen LogP contribution in [0.2, 0.25) is 10.0 Å². The number of amides is 1. The van der Waals surface area contributed by atoms with Crippen LogP contribution in [0.1, 0.15) is 60.8 Å². The Kier molecular flexibility index (Phi) is 8.21. The molecule has 1 fully saturated rings. The van der Waals surface area contributed by atoms with Gasteiger partial charge < -0.3 is 10.6 Å². The van der Waals surface area contributed by atoms with Crippen LogP contribution in [0.15, 0.2) is 47.8 Å². The average molecular weight is 591 g/mol. The van der Waals surface area contributed by atoms with Crippen molar-refractivity contribution in [1.29, 1.82) is 5.26 Å². The van der Waals surface area contributed by atoms with Crippen molar-refractivity contribution in [3.05, 3.63) is 85.5 Å². The standard InChI is InChI=1S/C29H27Cl2F2N3O2S/c1-15(37)26-21(10-11-39-26)35-27(38)25-23(17-6-5-7-19(31)24(17)33)29(14-34,22(36-25)13-28(2,3)4)18-9-8-16(30)12-20(18)32/h5-12,22-23,25,36H,13H2,1-4H3,(H,35,38)/t22-,23-,25+,29-/m0/s1. The second kappa shape index (κ2) is 11.0. The first-order chi connectivity index (χ1) is 18.3. The van der Waals surface area contributed by atoms with E-state index in [0.717, 1.165) is 6.07 Å². The Balaban J connectivity index is 1.97. The fourth-order valence-electron chi connectivity index (χ4n) is 5.45. The van der Waals surface area contributed by atoms with Gasteiger partial charge in [0.25, 0.3) is 0 Å². The van der Waals surface area contributed by atoms with E-state index in [-0.39, 0.29) is 32.4 Å². The number of ketones is 1. The number of carbonyl (C=O) groups is 2. The maximum atomic E-state index is 15.7. The molecule has 39 heavy (non-hydrogen) atoms. The fourth-order valence-corrected chi connectivity index (χ4v) is 6.54. The molecule has 0 bridgehead atoms. The lowest BCUT2D eigenvalue weighted by molar-refractivity contribution is -0.118. The summed E-state index contributed by atoms with van der Waals surface area (Å²) in [4.78, 5) is 26.3. The van der Waals surface area contributed by atoms with Gasteiger partial charge in [-0.2, -0.15) is 5.26 Å². The van der Waals surface area contributed by atoms with Crippen LogP contribution in [-0.4, -0.2) is 23.8 Å². The first-order valence-corrected chi connectivity index (χ1v) is 13.9. The third-order valence-corrected chi connectivity index (χ3v) is 8.52. The van der Waals surface area contributed by atoms with Gasteiger partial charge in [0, 0.05) is 29.5 Å². The molecule has 3 aromatic rings. The van der Waals surface area contributed by atoms with Crippen LogP contribution in [0.5, 0.6) is 0 Å². The zero-order valence-electron chi connectivity index (χ0n) is 21.7. The number of Topliss-reactive ketones (excluding diaryl/α,β-unsaturated/α-hetero) is 1. The predicted octanol–water partition coefficient (Wildman–Crippen LogP) is 7.50. The van der Waals surface area contributed by atoms with E-state index < -0.39 is 41.0 Å². The van der Waals surface area contributed by atoms with Crippen molar-refractivity contribution in [3.8, 4) is 6.07 Å². The van der Waals surface area contributed by atoms with Crippen molar-refractivity contribution in [2.24, 2.45) is 5.41 Å². The van der Waals surface area contributed by atoms with E-state index in [1.54, 1.807) is 11.4 Å². The van der Waals surface area contributed by atoms with E-state index in [4.69, 9.17) is 23.2 Å². The molecule has 2 N–H and O–H groups in total. The number of nitrogens with zero attached hydrogens (tertiary/aromatic N) is 1. The van der Waals surface area contributed by atoms with Gasteiger partial charge >= 0.3 is 0 Å². The molecule has 0 spiro atoms. The average Bonchev–Trinajstić information content (AvgIpc) is 3.43. The van der Waals surface area contributed by atoms with E-state index in [2.05, 4.69) is 16.7 Å². The molecule has 4 rings (SSSR count). The summed E-state index contributed by atoms with van der Waals surface area (Å²) < 4.78 is 31.4. The lowest BCUT2D eigenvalue weighted by Gasteiger charge is -2.37. The Morgan fingerprint density at radius 3 is 2.51 bits per heavy atom. The minimum atomic E-state index is -1.73. The molecule has 0 unspecified atom stereocenters. The highest BCUT2D eigenvalue weighted by molar-refractivity contribution is 7.12. The molecular formula is C29H27Cl2F2N3O2S. The van der Waals surface area contributed by atoms with Gasteiger partial charge in [-0.1, -0.05) is 62.2 Å². The van der Waals surface area contributed by atoms with Crippen molar-refractivity contribution in [3.63, 3.8) is 0 Å². The monoisotopic (exact) mass is 589 g/mol. The highest BCUT2D eigenvalue weighted by Gasteiger charge is 2.61. The number of nitriles is 1. The summed E-state index contributed by atoms with van der Waals surface area (Å²) in [7, 11) is 0. The van der Waals surface area contributed by atoms with Gasteiger partial charge in [0.15, 0.2) is 5.78 Å². The molecule has 1 saturated heterocycles. The molecule has 2 aromatic carbocycles. The first-order valence-electron chi connectivity index (χ1n) is 12.3. The topological polar surface area (TPSA) is 82.0 Å². The van der Waals surface area contributed by atoms with Crippen LogP contribution < -0.4 is 10.6 Å². The summed E-state index contributed by atoms with van der Waals surface area (Å²) in [5.74, 6) is -3.55. The SMILES string of the molecule is CC(=O)c1sccc1NC(=O)[C@@H]1N[C@@H](CC(C)(C)C)[C@](C#N)(c2ccc(Cl)cc2F)[C@H]1c1cccc(Cl)c1F. The number of thiophene rings is 1. The highest BCUT2D eigenvalue weighted by atomic mass is 35.5. The lowest BCUT2D eigenvalue weighted by Crippen LogP contribution is -2.45. The molecule has 2 heterocycles. The van der Waals surface area contributed by atoms with E-state index in [9.17, 15) is 14.9 Å². The molecule has 4 atom stereocenters. The minimum absolute atomic E-state index is 0.000399. The van der Waals surface area contributed by atoms with Gasteiger partial charge in [-0.25, -0.2) is 8.78 Å². The maximum Gasteiger partial charge on any atom is 0.242 e. The number of benzene rings is 2. The third-order valence-electron chi connectivity index (χ3n) is 6.97. The molecule has 1 amide bonds. The summed E-state index contributed by atoms with van der Waals surface area (Å²) in [5.41, 5.74) is -1.78. The molecule has 0 aliphatic carbocycles. The first kappa shape index (κ1) is 29.2. The third kappa shape index (κ3) is 5.46. The Morgan fingerprint density at radius 2 is 1.90 bits per heavy atom. The van der Waals surface area contributed by atoms with Crippen molar-refractivity contribution in [1.82, 2.24) is 5.32 Å². The summed E-state index contributed by atoms with van der Waals surface area (Å²) in [6.07, 6.45) is 0.349. The molecule has 1 aliphatic heterocycles. The number of nitrogens with one attached hydrogen (secondary N) is 2. The number of carbonyl (C=O) groups excluding carboxylic acids is 2.